The fraction of sp³-hybridized carbons (Fsp3) is 0.125. The first-order valence-electron chi connectivity index (χ1n) is 7.10. The van der Waals surface area contributed by atoms with Crippen molar-refractivity contribution in [1.82, 2.24) is 0 Å². The summed E-state index contributed by atoms with van der Waals surface area (Å²) in [5.74, 6) is -1.46. The van der Waals surface area contributed by atoms with Gasteiger partial charge in [0.2, 0.25) is 10.0 Å². The monoisotopic (exact) mass is 364 g/mol. The van der Waals surface area contributed by atoms with Gasteiger partial charge in [-0.05, 0) is 49.4 Å². The van der Waals surface area contributed by atoms with Gasteiger partial charge in [-0.2, -0.15) is 0 Å². The highest BCUT2D eigenvalue weighted by atomic mass is 32.2. The van der Waals surface area contributed by atoms with Gasteiger partial charge in [0.1, 0.15) is 5.75 Å². The zero-order chi connectivity index (χ0) is 18.6. The number of benzene rings is 2. The van der Waals surface area contributed by atoms with E-state index in [1.54, 1.807) is 0 Å². The number of ether oxygens (including phenoxy) is 1. The molecule has 1 atom stereocenters. The molecule has 0 saturated carbocycles. The molecule has 2 rings (SSSR count). The van der Waals surface area contributed by atoms with Crippen molar-refractivity contribution in [2.45, 2.75) is 17.9 Å². The van der Waals surface area contributed by atoms with Crippen LogP contribution in [0.5, 0.6) is 5.75 Å². The number of primary sulfonamides is 1. The van der Waals surface area contributed by atoms with E-state index in [1.807, 2.05) is 0 Å². The molecule has 1 amide bonds. The van der Waals surface area contributed by atoms with E-state index in [1.165, 1.54) is 55.5 Å². The smallest absolute Gasteiger partial charge is 0.339 e. The van der Waals surface area contributed by atoms with Crippen molar-refractivity contribution < 1.29 is 27.9 Å². The molecular weight excluding hydrogens is 348 g/mol. The van der Waals surface area contributed by atoms with Crippen LogP contribution in [0.25, 0.3) is 0 Å². The molecule has 0 radical (unpaired) electrons. The maximum Gasteiger partial charge on any atom is 0.339 e. The van der Waals surface area contributed by atoms with Gasteiger partial charge in [0, 0.05) is 5.69 Å². The lowest BCUT2D eigenvalue weighted by atomic mass is 10.2. The quantitative estimate of drug-likeness (QED) is 0.683. The Morgan fingerprint density at radius 3 is 2.36 bits per heavy atom. The van der Waals surface area contributed by atoms with E-state index >= 15 is 0 Å². The molecule has 25 heavy (non-hydrogen) atoms. The van der Waals surface area contributed by atoms with E-state index in [-0.39, 0.29) is 16.2 Å². The topological polar surface area (TPSA) is 136 Å². The molecule has 9 heteroatoms. The summed E-state index contributed by atoms with van der Waals surface area (Å²) in [6, 6.07) is 10.8. The average Bonchev–Trinajstić information content (AvgIpc) is 2.54. The molecule has 0 heterocycles. The second-order valence-electron chi connectivity index (χ2n) is 5.16. The lowest BCUT2D eigenvalue weighted by Crippen LogP contribution is -2.30. The maximum absolute atomic E-state index is 12.0. The molecule has 0 bridgehead atoms. The molecule has 8 nitrogen and oxygen atoms in total. The minimum atomic E-state index is -3.82. The Balaban J connectivity index is 1.99. The summed E-state index contributed by atoms with van der Waals surface area (Å²) in [6.45, 7) is 1.38. The summed E-state index contributed by atoms with van der Waals surface area (Å²) < 4.78 is 27.4. The van der Waals surface area contributed by atoms with E-state index in [9.17, 15) is 23.1 Å². The van der Waals surface area contributed by atoms with Crippen LogP contribution in [0.4, 0.5) is 5.69 Å². The molecule has 0 unspecified atom stereocenters. The van der Waals surface area contributed by atoms with E-state index in [4.69, 9.17) is 9.88 Å². The first-order valence-corrected chi connectivity index (χ1v) is 8.65. The fourth-order valence-corrected chi connectivity index (χ4v) is 2.40. The Bertz CT molecular complexity index is 893. The van der Waals surface area contributed by atoms with Crippen LogP contribution in [0, 0.1) is 0 Å². The van der Waals surface area contributed by atoms with Crippen molar-refractivity contribution in [3.63, 3.8) is 0 Å². The molecule has 0 aromatic heterocycles. The molecule has 0 aliphatic carbocycles. The third-order valence-corrected chi connectivity index (χ3v) is 4.11. The molecule has 0 aliphatic rings. The number of amides is 1. The normalized spacial score (nSPS) is 12.2. The van der Waals surface area contributed by atoms with Crippen LogP contribution in [0.3, 0.4) is 0 Å². The number of nitrogens with two attached hydrogens (primary N) is 1. The van der Waals surface area contributed by atoms with Gasteiger partial charge < -0.3 is 15.2 Å². The van der Waals surface area contributed by atoms with Gasteiger partial charge in [0.05, 0.1) is 10.5 Å². The average molecular weight is 364 g/mol. The number of hydrogen-bond acceptors (Lipinski definition) is 6. The molecule has 132 valence electrons. The molecule has 0 saturated heterocycles. The second-order valence-corrected chi connectivity index (χ2v) is 6.72. The van der Waals surface area contributed by atoms with Crippen LogP contribution in [0.2, 0.25) is 0 Å². The van der Waals surface area contributed by atoms with E-state index < -0.39 is 28.0 Å². The lowest BCUT2D eigenvalue weighted by molar-refractivity contribution is -0.123. The number of rotatable bonds is 5. The van der Waals surface area contributed by atoms with Gasteiger partial charge in [-0.15, -0.1) is 0 Å². The Hall–Kier alpha value is -2.91. The van der Waals surface area contributed by atoms with E-state index in [0.717, 1.165) is 0 Å². The first kappa shape index (κ1) is 18.4. The van der Waals surface area contributed by atoms with Crippen molar-refractivity contribution in [1.29, 1.82) is 0 Å². The number of phenolic OH excluding ortho intramolecular Hbond substituents is 1. The summed E-state index contributed by atoms with van der Waals surface area (Å²) >= 11 is 0. The van der Waals surface area contributed by atoms with Crippen molar-refractivity contribution in [3.8, 4) is 5.75 Å². The summed E-state index contributed by atoms with van der Waals surface area (Å²) in [5, 5.41) is 16.8. The Kier molecular flexibility index (Phi) is 5.40. The summed E-state index contributed by atoms with van der Waals surface area (Å²) in [5.41, 5.74) is 0.426. The van der Waals surface area contributed by atoms with Crippen LogP contribution in [0.1, 0.15) is 17.3 Å². The van der Waals surface area contributed by atoms with Crippen LogP contribution in [-0.4, -0.2) is 31.5 Å². The zero-order valence-corrected chi connectivity index (χ0v) is 14.0. The zero-order valence-electron chi connectivity index (χ0n) is 13.2. The predicted octanol–water partition coefficient (Wildman–Crippen LogP) is 1.22. The van der Waals surface area contributed by atoms with Crippen LogP contribution in [0.15, 0.2) is 53.4 Å². The highest BCUT2D eigenvalue weighted by molar-refractivity contribution is 7.89. The predicted molar refractivity (Wildman–Crippen MR) is 89.4 cm³/mol. The fourth-order valence-electron chi connectivity index (χ4n) is 1.89. The molecule has 0 fully saturated rings. The Morgan fingerprint density at radius 1 is 1.16 bits per heavy atom. The Morgan fingerprint density at radius 2 is 1.80 bits per heavy atom. The second kappa shape index (κ2) is 7.32. The summed E-state index contributed by atoms with van der Waals surface area (Å²) in [6.07, 6.45) is -1.10. The maximum atomic E-state index is 12.0. The van der Waals surface area contributed by atoms with Gasteiger partial charge in [-0.3, -0.25) is 4.79 Å². The van der Waals surface area contributed by atoms with Gasteiger partial charge >= 0.3 is 5.97 Å². The van der Waals surface area contributed by atoms with Gasteiger partial charge in [0.15, 0.2) is 6.10 Å². The number of nitrogens with one attached hydrogen (secondary N) is 1. The number of carbonyl (C=O) groups excluding carboxylic acids is 2. The van der Waals surface area contributed by atoms with E-state index in [0.29, 0.717) is 5.69 Å². The van der Waals surface area contributed by atoms with Gasteiger partial charge in [-0.25, -0.2) is 18.4 Å². The van der Waals surface area contributed by atoms with Crippen molar-refractivity contribution in [2.24, 2.45) is 5.14 Å². The highest BCUT2D eigenvalue weighted by Gasteiger charge is 2.19. The molecule has 2 aromatic rings. The molecule has 2 aromatic carbocycles. The standard InChI is InChI=1S/C16H16N2O6S/c1-10(24-16(21)11-3-2-4-13(19)9-11)15(20)18-12-5-7-14(8-6-12)25(17,22)23/h2-10,19H,1H3,(H,18,20)(H2,17,22,23)/t10-/m1/s1. The largest absolute Gasteiger partial charge is 0.508 e. The lowest BCUT2D eigenvalue weighted by Gasteiger charge is -2.14. The number of esters is 1. The van der Waals surface area contributed by atoms with Crippen molar-refractivity contribution in [3.05, 3.63) is 54.1 Å². The van der Waals surface area contributed by atoms with Crippen LogP contribution < -0.4 is 10.5 Å². The van der Waals surface area contributed by atoms with Crippen molar-refractivity contribution >= 4 is 27.6 Å². The highest BCUT2D eigenvalue weighted by Crippen LogP contribution is 2.15. The minimum absolute atomic E-state index is 0.0890. The van der Waals surface area contributed by atoms with Crippen LogP contribution >= 0.6 is 0 Å². The van der Waals surface area contributed by atoms with Gasteiger partial charge in [-0.1, -0.05) is 6.07 Å². The number of hydrogen-bond donors (Lipinski definition) is 3. The number of carbonyl (C=O) groups is 2. The van der Waals surface area contributed by atoms with Crippen molar-refractivity contribution in [2.75, 3.05) is 5.32 Å². The molecular formula is C16H16N2O6S. The molecule has 0 spiro atoms. The first-order chi connectivity index (χ1) is 11.7. The number of phenols is 1. The number of aromatic hydroxyl groups is 1. The van der Waals surface area contributed by atoms with Gasteiger partial charge in [0.25, 0.3) is 5.91 Å². The van der Waals surface area contributed by atoms with Crippen LogP contribution in [-0.2, 0) is 19.6 Å². The van der Waals surface area contributed by atoms with E-state index in [2.05, 4.69) is 5.32 Å². The molecule has 4 N–H and O–H groups in total. The Labute approximate surface area is 144 Å². The third kappa shape index (κ3) is 5.03. The number of sulfonamides is 1. The summed E-state index contributed by atoms with van der Waals surface area (Å²) in [4.78, 5) is 23.9. The third-order valence-electron chi connectivity index (χ3n) is 3.19. The minimum Gasteiger partial charge on any atom is -0.508 e. The molecule has 0 aliphatic heterocycles. The number of anilines is 1. The summed E-state index contributed by atoms with van der Waals surface area (Å²) in [7, 11) is -3.82. The SMILES string of the molecule is C[C@@H](OC(=O)c1cccc(O)c1)C(=O)Nc1ccc(S(N)(=O)=O)cc1.